The molecular weight excluding hydrogens is 797 g/mol. The minimum Gasteiger partial charge on any atom is -0.496 e. The molecule has 0 N–H and O–H groups in total. The number of aryl methyl sites for hydroxylation is 3. The predicted molar refractivity (Wildman–Crippen MR) is 273 cm³/mol. The van der Waals surface area contributed by atoms with Gasteiger partial charge in [-0.2, -0.15) is 0 Å². The maximum absolute atomic E-state index is 6.39. The van der Waals surface area contributed by atoms with E-state index < -0.39 is 0 Å². The molecular formula is C60H60N2O3. The lowest BCUT2D eigenvalue weighted by atomic mass is 10.00. The monoisotopic (exact) mass is 856 g/mol. The maximum atomic E-state index is 6.39. The first-order valence-corrected chi connectivity index (χ1v) is 22.7. The van der Waals surface area contributed by atoms with Crippen LogP contribution in [0.5, 0.6) is 11.5 Å². The summed E-state index contributed by atoms with van der Waals surface area (Å²) in [6, 6.07) is 65.6. The summed E-state index contributed by atoms with van der Waals surface area (Å²) in [6.45, 7) is 13.5. The number of hydrogen-bond acceptors (Lipinski definition) is 5. The Balaban J connectivity index is 1.08. The molecule has 0 unspecified atom stereocenters. The van der Waals surface area contributed by atoms with Crippen LogP contribution in [0.2, 0.25) is 0 Å². The molecule has 0 spiro atoms. The van der Waals surface area contributed by atoms with Crippen LogP contribution in [0.25, 0.3) is 33.4 Å². The zero-order valence-electron chi connectivity index (χ0n) is 39.1. The summed E-state index contributed by atoms with van der Waals surface area (Å²) in [7, 11) is 3.43. The topological polar surface area (TPSA) is 34.2 Å². The van der Waals surface area contributed by atoms with Crippen molar-refractivity contribution in [1.29, 1.82) is 0 Å². The van der Waals surface area contributed by atoms with E-state index in [1.807, 2.05) is 12.1 Å². The van der Waals surface area contributed by atoms with Gasteiger partial charge in [0.1, 0.15) is 11.5 Å². The van der Waals surface area contributed by atoms with E-state index >= 15 is 0 Å². The zero-order valence-corrected chi connectivity index (χ0v) is 39.1. The maximum Gasteiger partial charge on any atom is 0.121 e. The molecule has 0 radical (unpaired) electrons. The number of anilines is 6. The lowest BCUT2D eigenvalue weighted by Gasteiger charge is -2.28. The molecule has 0 aliphatic heterocycles. The van der Waals surface area contributed by atoms with E-state index in [9.17, 15) is 0 Å². The number of nitrogens with zero attached hydrogens (tertiary/aromatic N) is 2. The standard InChI is InChI=1S/C60H60N2O3/c1-9-60(6,10-2)65-41-45-13-27-53(28-14-45)62(57-35-21-49(22-36-57)51-24-38-59(64-8)44(5)40-51)55-31-17-47(18-32-55)46-15-29-54(30-16-46)61(52-25-11-42(3)12-26-52)56-33-19-48(20-34-56)50-23-37-58(63-7)43(4)39-50/h11-40H,9-10,41H2,1-8H3. The summed E-state index contributed by atoms with van der Waals surface area (Å²) in [5, 5.41) is 0. The van der Waals surface area contributed by atoms with Crippen LogP contribution in [0, 0.1) is 20.8 Å². The van der Waals surface area contributed by atoms with Gasteiger partial charge in [0, 0.05) is 34.1 Å². The Morgan fingerprint density at radius 3 is 0.985 bits per heavy atom. The third kappa shape index (κ3) is 10.0. The van der Waals surface area contributed by atoms with Crippen molar-refractivity contribution in [3.05, 3.63) is 204 Å². The minimum atomic E-state index is -0.123. The highest BCUT2D eigenvalue weighted by Crippen LogP contribution is 2.40. The lowest BCUT2D eigenvalue weighted by molar-refractivity contribution is -0.0482. The van der Waals surface area contributed by atoms with Gasteiger partial charge in [-0.25, -0.2) is 0 Å². The largest absolute Gasteiger partial charge is 0.496 e. The average molecular weight is 857 g/mol. The van der Waals surface area contributed by atoms with Gasteiger partial charge in [0.15, 0.2) is 0 Å². The lowest BCUT2D eigenvalue weighted by Crippen LogP contribution is -2.26. The molecule has 8 rings (SSSR count). The summed E-state index contributed by atoms with van der Waals surface area (Å²) in [5.41, 5.74) is 17.9. The van der Waals surface area contributed by atoms with Crippen LogP contribution in [0.3, 0.4) is 0 Å². The highest BCUT2D eigenvalue weighted by Gasteiger charge is 2.21. The number of hydrogen-bond donors (Lipinski definition) is 0. The van der Waals surface area contributed by atoms with Crippen LogP contribution in [-0.4, -0.2) is 19.8 Å². The van der Waals surface area contributed by atoms with Gasteiger partial charge in [0.25, 0.3) is 0 Å². The van der Waals surface area contributed by atoms with E-state index in [1.165, 1.54) is 11.1 Å². The number of benzene rings is 8. The van der Waals surface area contributed by atoms with Crippen molar-refractivity contribution in [2.24, 2.45) is 0 Å². The highest BCUT2D eigenvalue weighted by molar-refractivity contribution is 5.82. The second kappa shape index (κ2) is 19.8. The Hall–Kier alpha value is -7.08. The van der Waals surface area contributed by atoms with Gasteiger partial charge in [-0.15, -0.1) is 0 Å². The summed E-state index contributed by atoms with van der Waals surface area (Å²) in [4.78, 5) is 4.64. The normalized spacial score (nSPS) is 11.3. The summed E-state index contributed by atoms with van der Waals surface area (Å²) < 4.78 is 17.4. The number of methoxy groups -OCH3 is 2. The Morgan fingerprint density at radius 1 is 0.385 bits per heavy atom. The molecule has 5 heteroatoms. The SMILES string of the molecule is CCC(C)(CC)OCc1ccc(N(c2ccc(-c3ccc(N(c4ccc(C)cc4)c4ccc(-c5ccc(OC)c(C)c5)cc4)cc3)cc2)c2ccc(-c3ccc(OC)c(C)c3)cc2)cc1. The molecule has 328 valence electrons. The third-order valence-electron chi connectivity index (χ3n) is 12.9. The van der Waals surface area contributed by atoms with Crippen LogP contribution in [0.15, 0.2) is 182 Å². The molecule has 0 aliphatic rings. The van der Waals surface area contributed by atoms with Gasteiger partial charge in [-0.05, 0) is 188 Å². The Labute approximate surface area is 386 Å². The molecule has 0 fully saturated rings. The summed E-state index contributed by atoms with van der Waals surface area (Å²) >= 11 is 0. The van der Waals surface area contributed by atoms with Gasteiger partial charge < -0.3 is 24.0 Å². The molecule has 65 heavy (non-hydrogen) atoms. The number of ether oxygens (including phenoxy) is 3. The fourth-order valence-electron chi connectivity index (χ4n) is 8.37. The zero-order chi connectivity index (χ0) is 45.5. The first-order chi connectivity index (χ1) is 31.6. The van der Waals surface area contributed by atoms with E-state index in [1.54, 1.807) is 14.2 Å². The highest BCUT2D eigenvalue weighted by atomic mass is 16.5. The van der Waals surface area contributed by atoms with Crippen molar-refractivity contribution in [2.75, 3.05) is 24.0 Å². The van der Waals surface area contributed by atoms with E-state index in [4.69, 9.17) is 14.2 Å². The second-order valence-electron chi connectivity index (χ2n) is 17.2. The summed E-state index contributed by atoms with van der Waals surface area (Å²) in [6.07, 6.45) is 1.96. The fourth-order valence-corrected chi connectivity index (χ4v) is 8.37. The average Bonchev–Trinajstić information content (AvgIpc) is 3.35. The van der Waals surface area contributed by atoms with Crippen LogP contribution < -0.4 is 19.3 Å². The van der Waals surface area contributed by atoms with Gasteiger partial charge in [0.2, 0.25) is 0 Å². The van der Waals surface area contributed by atoms with E-state index in [-0.39, 0.29) is 5.60 Å². The van der Waals surface area contributed by atoms with Crippen molar-refractivity contribution < 1.29 is 14.2 Å². The number of rotatable bonds is 16. The van der Waals surface area contributed by atoms with Gasteiger partial charge in [-0.1, -0.05) is 104 Å². The first kappa shape index (κ1) is 44.5. The molecule has 8 aromatic carbocycles. The van der Waals surface area contributed by atoms with Crippen molar-refractivity contribution in [1.82, 2.24) is 0 Å². The Bertz CT molecular complexity index is 2810. The Kier molecular flexibility index (Phi) is 13.5. The molecule has 0 atom stereocenters. The summed E-state index contributed by atoms with van der Waals surface area (Å²) in [5.74, 6) is 1.79. The molecule has 0 aliphatic carbocycles. The molecule has 0 saturated carbocycles. The quantitative estimate of drug-likeness (QED) is 0.0967. The molecule has 0 saturated heterocycles. The van der Waals surface area contributed by atoms with E-state index in [0.29, 0.717) is 6.61 Å². The van der Waals surface area contributed by atoms with Crippen molar-refractivity contribution in [2.45, 2.75) is 66.6 Å². The molecule has 8 aromatic rings. The predicted octanol–water partition coefficient (Wildman–Crippen LogP) is 16.7. The first-order valence-electron chi connectivity index (χ1n) is 22.7. The smallest absolute Gasteiger partial charge is 0.121 e. The molecule has 0 heterocycles. The second-order valence-corrected chi connectivity index (χ2v) is 17.2. The van der Waals surface area contributed by atoms with Gasteiger partial charge in [-0.3, -0.25) is 0 Å². The van der Waals surface area contributed by atoms with Crippen molar-refractivity contribution >= 4 is 34.1 Å². The molecule has 0 amide bonds. The van der Waals surface area contributed by atoms with Crippen LogP contribution in [0.4, 0.5) is 34.1 Å². The van der Waals surface area contributed by atoms with Gasteiger partial charge >= 0.3 is 0 Å². The van der Waals surface area contributed by atoms with E-state index in [2.05, 4.69) is 221 Å². The third-order valence-corrected chi connectivity index (χ3v) is 12.9. The van der Waals surface area contributed by atoms with Crippen LogP contribution in [0.1, 0.15) is 55.9 Å². The van der Waals surface area contributed by atoms with Gasteiger partial charge in [0.05, 0.1) is 26.4 Å². The van der Waals surface area contributed by atoms with Crippen LogP contribution in [-0.2, 0) is 11.3 Å². The van der Waals surface area contributed by atoms with Crippen molar-refractivity contribution in [3.8, 4) is 44.9 Å². The molecule has 5 nitrogen and oxygen atoms in total. The van der Waals surface area contributed by atoms with Crippen molar-refractivity contribution in [3.63, 3.8) is 0 Å². The fraction of sp³-hybridized carbons (Fsp3) is 0.200. The van der Waals surface area contributed by atoms with E-state index in [0.717, 1.165) is 103 Å². The molecule has 0 bridgehead atoms. The molecule has 0 aromatic heterocycles. The minimum absolute atomic E-state index is 0.123. The Morgan fingerprint density at radius 2 is 0.677 bits per heavy atom. The van der Waals surface area contributed by atoms with Crippen LogP contribution >= 0.6 is 0 Å².